The molecule has 1 aliphatic carbocycles. The van der Waals surface area contributed by atoms with Crippen molar-refractivity contribution in [3.05, 3.63) is 0 Å². The molecule has 1 rings (SSSR count). The Hall–Kier alpha value is -0.280. The van der Waals surface area contributed by atoms with Crippen LogP contribution < -0.4 is 5.90 Å². The van der Waals surface area contributed by atoms with E-state index in [-0.39, 0.29) is 24.3 Å². The summed E-state index contributed by atoms with van der Waals surface area (Å²) in [5.41, 5.74) is 0. The van der Waals surface area contributed by atoms with Crippen LogP contribution in [-0.2, 0) is 9.63 Å². The molecule has 0 aromatic heterocycles. The van der Waals surface area contributed by atoms with Crippen molar-refractivity contribution in [2.75, 3.05) is 0 Å². The third kappa shape index (κ3) is 2.15. The predicted molar refractivity (Wildman–Crippen MR) is 39.5 cm³/mol. The highest BCUT2D eigenvalue weighted by atomic mass is 35.5. The van der Waals surface area contributed by atoms with Crippen molar-refractivity contribution < 1.29 is 9.63 Å². The Balaban J connectivity index is 0.000000810. The van der Waals surface area contributed by atoms with Crippen molar-refractivity contribution in [2.24, 2.45) is 11.8 Å². The molecule has 0 saturated heterocycles. The molecule has 1 saturated carbocycles. The van der Waals surface area contributed by atoms with E-state index in [9.17, 15) is 4.79 Å². The maximum Gasteiger partial charge on any atom is 0.327 e. The zero-order valence-corrected chi connectivity index (χ0v) is 6.52. The quantitative estimate of drug-likeness (QED) is 0.591. The number of carbonyl (C=O) groups is 1. The largest absolute Gasteiger partial charge is 0.373 e. The fourth-order valence-electron chi connectivity index (χ4n) is 1.26. The average molecular weight is 166 g/mol. The van der Waals surface area contributed by atoms with Gasteiger partial charge >= 0.3 is 5.97 Å². The van der Waals surface area contributed by atoms with Crippen molar-refractivity contribution >= 4 is 18.4 Å². The second kappa shape index (κ2) is 4.52. The number of carbonyl (C=O) groups excluding carboxylic acids is 1. The maximum absolute atomic E-state index is 10.7. The molecule has 0 bridgehead atoms. The molecule has 0 unspecified atom stereocenters. The van der Waals surface area contributed by atoms with Crippen molar-refractivity contribution in [1.82, 2.24) is 0 Å². The molecule has 10 heavy (non-hydrogen) atoms. The minimum absolute atomic E-state index is 0. The molecule has 2 N–H and O–H groups in total. The van der Waals surface area contributed by atoms with Crippen molar-refractivity contribution in [2.45, 2.75) is 25.7 Å². The van der Waals surface area contributed by atoms with E-state index < -0.39 is 0 Å². The van der Waals surface area contributed by atoms with Gasteiger partial charge in [-0.25, -0.2) is 0 Å². The third-order valence-electron chi connectivity index (χ3n) is 1.80. The molecule has 0 atom stereocenters. The minimum Gasteiger partial charge on any atom is -0.373 e. The Labute approximate surface area is 66.3 Å². The van der Waals surface area contributed by atoms with Crippen LogP contribution in [-0.4, -0.2) is 5.97 Å². The second-order valence-electron chi connectivity index (χ2n) is 2.42. The van der Waals surface area contributed by atoms with E-state index >= 15 is 0 Å². The molecule has 60 valence electrons. The van der Waals surface area contributed by atoms with E-state index in [1.807, 2.05) is 0 Å². The summed E-state index contributed by atoms with van der Waals surface area (Å²) < 4.78 is 0. The molecule has 0 heterocycles. The van der Waals surface area contributed by atoms with Crippen LogP contribution in [0.25, 0.3) is 0 Å². The van der Waals surface area contributed by atoms with Crippen LogP contribution in [0.5, 0.6) is 0 Å². The van der Waals surface area contributed by atoms with Gasteiger partial charge in [0.25, 0.3) is 0 Å². The van der Waals surface area contributed by atoms with Crippen LogP contribution in [0.3, 0.4) is 0 Å². The molecule has 0 spiro atoms. The van der Waals surface area contributed by atoms with Gasteiger partial charge in [0, 0.05) is 0 Å². The highest BCUT2D eigenvalue weighted by Gasteiger charge is 2.23. The van der Waals surface area contributed by atoms with Gasteiger partial charge in [0.1, 0.15) is 0 Å². The number of halogens is 1. The lowest BCUT2D eigenvalue weighted by molar-refractivity contribution is -0.148. The first-order chi connectivity index (χ1) is 4.34. The first-order valence-corrected chi connectivity index (χ1v) is 3.25. The lowest BCUT2D eigenvalue weighted by Crippen LogP contribution is -2.17. The van der Waals surface area contributed by atoms with Crippen molar-refractivity contribution in [3.63, 3.8) is 0 Å². The predicted octanol–water partition coefficient (Wildman–Crippen LogP) is 1.02. The summed E-state index contributed by atoms with van der Waals surface area (Å²) in [6.45, 7) is 0. The van der Waals surface area contributed by atoms with Crippen molar-refractivity contribution in [3.8, 4) is 0 Å². The van der Waals surface area contributed by atoms with E-state index in [1.165, 1.54) is 0 Å². The molecule has 0 aromatic rings. The number of nitrogens with two attached hydrogens (primary N) is 1. The van der Waals surface area contributed by atoms with E-state index in [0.29, 0.717) is 0 Å². The van der Waals surface area contributed by atoms with Gasteiger partial charge in [-0.2, -0.15) is 5.90 Å². The zero-order chi connectivity index (χ0) is 6.69. The fraction of sp³-hybridized carbons (Fsp3) is 0.833. The highest BCUT2D eigenvalue weighted by Crippen LogP contribution is 2.24. The molecule has 4 heteroatoms. The molecule has 1 fully saturated rings. The molecule has 0 aliphatic heterocycles. The number of hydrogen-bond acceptors (Lipinski definition) is 3. The van der Waals surface area contributed by atoms with Gasteiger partial charge in [-0.05, 0) is 12.8 Å². The Bertz CT molecular complexity index is 112. The summed E-state index contributed by atoms with van der Waals surface area (Å²) in [4.78, 5) is 14.8. The summed E-state index contributed by atoms with van der Waals surface area (Å²) in [6, 6.07) is 0. The lowest BCUT2D eigenvalue weighted by Gasteiger charge is -2.02. The van der Waals surface area contributed by atoms with Gasteiger partial charge in [-0.3, -0.25) is 4.79 Å². The van der Waals surface area contributed by atoms with Crippen LogP contribution in [0.1, 0.15) is 25.7 Å². The van der Waals surface area contributed by atoms with Crippen LogP contribution in [0.4, 0.5) is 0 Å². The fourth-order valence-corrected chi connectivity index (χ4v) is 1.26. The Kier molecular flexibility index (Phi) is 4.40. The molecular weight excluding hydrogens is 154 g/mol. The summed E-state index contributed by atoms with van der Waals surface area (Å²) in [5, 5.41) is 0. The second-order valence-corrected chi connectivity index (χ2v) is 2.42. The summed E-state index contributed by atoms with van der Waals surface area (Å²) >= 11 is 0. The van der Waals surface area contributed by atoms with Gasteiger partial charge in [-0.1, -0.05) is 12.8 Å². The topological polar surface area (TPSA) is 52.3 Å². The van der Waals surface area contributed by atoms with Crippen LogP contribution >= 0.6 is 12.4 Å². The number of rotatable bonds is 1. The Morgan fingerprint density at radius 2 is 1.90 bits per heavy atom. The van der Waals surface area contributed by atoms with Crippen LogP contribution in [0, 0.1) is 5.92 Å². The zero-order valence-electron chi connectivity index (χ0n) is 5.71. The van der Waals surface area contributed by atoms with Gasteiger partial charge in [-0.15, -0.1) is 12.4 Å². The molecule has 3 nitrogen and oxygen atoms in total. The highest BCUT2D eigenvalue weighted by molar-refractivity contribution is 5.85. The van der Waals surface area contributed by atoms with Crippen molar-refractivity contribution in [1.29, 1.82) is 0 Å². The van der Waals surface area contributed by atoms with E-state index in [0.717, 1.165) is 25.7 Å². The Morgan fingerprint density at radius 1 is 1.40 bits per heavy atom. The smallest absolute Gasteiger partial charge is 0.327 e. The molecule has 0 radical (unpaired) electrons. The lowest BCUT2D eigenvalue weighted by atomic mass is 10.1. The van der Waals surface area contributed by atoms with E-state index in [4.69, 9.17) is 5.90 Å². The maximum atomic E-state index is 10.7. The Morgan fingerprint density at radius 3 is 2.30 bits per heavy atom. The molecule has 0 amide bonds. The minimum atomic E-state index is -0.243. The van der Waals surface area contributed by atoms with Crippen LogP contribution in [0.15, 0.2) is 0 Å². The van der Waals surface area contributed by atoms with Gasteiger partial charge in [0.05, 0.1) is 5.92 Å². The van der Waals surface area contributed by atoms with Gasteiger partial charge in [0.2, 0.25) is 0 Å². The third-order valence-corrected chi connectivity index (χ3v) is 1.80. The summed E-state index contributed by atoms with van der Waals surface area (Å²) in [7, 11) is 0. The summed E-state index contributed by atoms with van der Waals surface area (Å²) in [6.07, 6.45) is 4.19. The van der Waals surface area contributed by atoms with Gasteiger partial charge < -0.3 is 4.84 Å². The normalized spacial score (nSPS) is 18.1. The monoisotopic (exact) mass is 165 g/mol. The van der Waals surface area contributed by atoms with Crippen LogP contribution in [0.2, 0.25) is 0 Å². The standard InChI is InChI=1S/C6H11NO2.ClH/c7-9-6(8)5-3-1-2-4-5;/h5H,1-4,7H2;1H. The van der Waals surface area contributed by atoms with E-state index in [1.54, 1.807) is 0 Å². The molecule has 1 aliphatic rings. The SMILES string of the molecule is Cl.NOC(=O)C1CCCC1. The summed E-state index contributed by atoms with van der Waals surface area (Å²) in [5.74, 6) is 4.55. The first kappa shape index (κ1) is 9.72. The van der Waals surface area contributed by atoms with Gasteiger partial charge in [0.15, 0.2) is 0 Å². The van der Waals surface area contributed by atoms with E-state index in [2.05, 4.69) is 4.84 Å². The number of hydrogen-bond donors (Lipinski definition) is 1. The first-order valence-electron chi connectivity index (χ1n) is 3.25. The molecular formula is C6H12ClNO2. The molecule has 0 aromatic carbocycles. The average Bonchev–Trinajstić information content (AvgIpc) is 2.37.